The van der Waals surface area contributed by atoms with Crippen LogP contribution in [-0.4, -0.2) is 33.4 Å². The second kappa shape index (κ2) is 11.5. The fraction of sp³-hybridized carbons (Fsp3) is 0.375. The number of ketones is 1. The number of rotatable bonds is 12. The lowest BCUT2D eigenvalue weighted by molar-refractivity contribution is -0.137. The maximum Gasteiger partial charge on any atom is 0.303 e. The Balaban J connectivity index is 1.62. The number of aryl methyl sites for hydroxylation is 1. The van der Waals surface area contributed by atoms with Crippen LogP contribution in [0.25, 0.3) is 11.0 Å². The van der Waals surface area contributed by atoms with Crippen molar-refractivity contribution in [3.8, 4) is 0 Å². The molecule has 2 N–H and O–H groups in total. The van der Waals surface area contributed by atoms with Crippen molar-refractivity contribution >= 4 is 46.0 Å². The maximum absolute atomic E-state index is 13.0. The first kappa shape index (κ1) is 24.2. The average Bonchev–Trinajstić information content (AvgIpc) is 3.07. The van der Waals surface area contributed by atoms with Gasteiger partial charge in [-0.3, -0.25) is 9.59 Å². The molecule has 0 bridgehead atoms. The van der Waals surface area contributed by atoms with Crippen LogP contribution in [0.5, 0.6) is 0 Å². The van der Waals surface area contributed by atoms with E-state index in [9.17, 15) is 9.59 Å². The minimum Gasteiger partial charge on any atom is -0.481 e. The lowest BCUT2D eigenvalue weighted by atomic mass is 9.94. The Hall–Kier alpha value is -2.41. The van der Waals surface area contributed by atoms with Gasteiger partial charge in [-0.05, 0) is 48.9 Å². The Labute approximate surface area is 196 Å². The van der Waals surface area contributed by atoms with Crippen LogP contribution in [0.1, 0.15) is 54.2 Å². The maximum atomic E-state index is 13.0. The highest BCUT2D eigenvalue weighted by Crippen LogP contribution is 2.28. The van der Waals surface area contributed by atoms with E-state index < -0.39 is 5.97 Å². The smallest absolute Gasteiger partial charge is 0.303 e. The molecule has 6 nitrogen and oxygen atoms in total. The van der Waals surface area contributed by atoms with Gasteiger partial charge in [-0.1, -0.05) is 42.3 Å². The molecule has 0 aliphatic heterocycles. The van der Waals surface area contributed by atoms with Crippen molar-refractivity contribution in [2.45, 2.75) is 45.6 Å². The number of halogens is 2. The number of H-pyrrole nitrogens is 1. The topological polar surface area (TPSA) is 92.3 Å². The zero-order chi connectivity index (χ0) is 23.1. The van der Waals surface area contributed by atoms with Crippen molar-refractivity contribution in [2.75, 3.05) is 6.61 Å². The number of aromatic nitrogens is 2. The zero-order valence-electron chi connectivity index (χ0n) is 17.9. The molecular weight excluding hydrogens is 451 g/mol. The highest BCUT2D eigenvalue weighted by atomic mass is 35.5. The van der Waals surface area contributed by atoms with E-state index in [1.807, 2.05) is 24.3 Å². The highest BCUT2D eigenvalue weighted by molar-refractivity contribution is 6.31. The number of benzene rings is 1. The van der Waals surface area contributed by atoms with Crippen LogP contribution in [-0.2, 0) is 22.6 Å². The lowest BCUT2D eigenvalue weighted by Crippen LogP contribution is -2.11. The molecule has 0 saturated carbocycles. The molecule has 0 amide bonds. The summed E-state index contributed by atoms with van der Waals surface area (Å²) in [7, 11) is 0. The first-order valence-corrected chi connectivity index (χ1v) is 11.3. The molecule has 3 rings (SSSR count). The molecule has 0 saturated heterocycles. The number of hydrogen-bond acceptors (Lipinski definition) is 4. The van der Waals surface area contributed by atoms with Crippen LogP contribution in [0.4, 0.5) is 0 Å². The largest absolute Gasteiger partial charge is 0.481 e. The number of nitrogens with zero attached hydrogens (tertiary/aromatic N) is 1. The predicted octanol–water partition coefficient (Wildman–Crippen LogP) is 6.09. The first-order chi connectivity index (χ1) is 15.3. The fourth-order valence-electron chi connectivity index (χ4n) is 3.71. The molecule has 0 fully saturated rings. The van der Waals surface area contributed by atoms with Gasteiger partial charge in [0, 0.05) is 47.3 Å². The first-order valence-electron chi connectivity index (χ1n) is 10.6. The minimum atomic E-state index is -0.910. The van der Waals surface area contributed by atoms with E-state index in [-0.39, 0.29) is 24.5 Å². The van der Waals surface area contributed by atoms with Gasteiger partial charge in [-0.25, -0.2) is 4.98 Å². The van der Waals surface area contributed by atoms with E-state index in [0.717, 1.165) is 24.1 Å². The molecule has 0 aliphatic rings. The summed E-state index contributed by atoms with van der Waals surface area (Å²) in [6, 6.07) is 9.31. The van der Waals surface area contributed by atoms with Crippen LogP contribution in [0, 0.1) is 5.92 Å². The van der Waals surface area contributed by atoms with Gasteiger partial charge in [0.2, 0.25) is 0 Å². The Bertz CT molecular complexity index is 1100. The van der Waals surface area contributed by atoms with Gasteiger partial charge in [0.15, 0.2) is 5.78 Å². The third-order valence-corrected chi connectivity index (χ3v) is 5.60. The molecule has 0 spiro atoms. The van der Waals surface area contributed by atoms with Crippen molar-refractivity contribution in [3.05, 3.63) is 63.4 Å². The molecule has 0 unspecified atom stereocenters. The summed E-state index contributed by atoms with van der Waals surface area (Å²) < 4.78 is 5.73. The Morgan fingerprint density at radius 2 is 1.97 bits per heavy atom. The van der Waals surface area contributed by atoms with Gasteiger partial charge in [0.05, 0.1) is 11.6 Å². The molecule has 0 aliphatic carbocycles. The van der Waals surface area contributed by atoms with E-state index in [0.29, 0.717) is 46.3 Å². The second-order valence-corrected chi connectivity index (χ2v) is 8.87. The van der Waals surface area contributed by atoms with Gasteiger partial charge >= 0.3 is 5.97 Å². The van der Waals surface area contributed by atoms with Gasteiger partial charge in [-0.2, -0.15) is 0 Å². The number of Topliss-reactive ketones (excluding diaryl/α,β-unsaturated/α-hetero) is 1. The Morgan fingerprint density at radius 1 is 1.16 bits per heavy atom. The molecular formula is C24H26Cl2N2O4. The standard InChI is InChI=1S/C24H26Cl2N2O4/c1-15(10-22(30)31)9-21(29)23-19-12-18(26)13-27-24(19)28-20(23)7-2-3-8-32-14-16-5-4-6-17(25)11-16/h4-6,11-13,15H,2-3,7-10,14H2,1H3,(H,27,28)(H,30,31)/t15-/m0/s1. The molecule has 1 atom stereocenters. The minimum absolute atomic E-state index is 0.0492. The number of fused-ring (bicyclic) bond motifs is 1. The molecule has 2 aromatic heterocycles. The monoisotopic (exact) mass is 476 g/mol. The SMILES string of the molecule is C[C@H](CC(=O)O)CC(=O)c1c(CCCCOCc2cccc(Cl)c2)[nH]c2ncc(Cl)cc12. The summed E-state index contributed by atoms with van der Waals surface area (Å²) in [5, 5.41) is 10.8. The van der Waals surface area contributed by atoms with Crippen molar-refractivity contribution in [3.63, 3.8) is 0 Å². The third-order valence-electron chi connectivity index (χ3n) is 5.15. The van der Waals surface area contributed by atoms with Crippen molar-refractivity contribution in [1.29, 1.82) is 0 Å². The predicted molar refractivity (Wildman–Crippen MR) is 126 cm³/mol. The van der Waals surface area contributed by atoms with Gasteiger partial charge < -0.3 is 14.8 Å². The molecule has 1 aromatic carbocycles. The normalized spacial score (nSPS) is 12.2. The third kappa shape index (κ3) is 6.79. The molecule has 0 radical (unpaired) electrons. The van der Waals surface area contributed by atoms with Crippen LogP contribution in [0.3, 0.4) is 0 Å². The highest BCUT2D eigenvalue weighted by Gasteiger charge is 2.22. The number of nitrogens with one attached hydrogen (secondary N) is 1. The van der Waals surface area contributed by atoms with Crippen LogP contribution >= 0.6 is 23.2 Å². The van der Waals surface area contributed by atoms with E-state index >= 15 is 0 Å². The average molecular weight is 477 g/mol. The van der Waals surface area contributed by atoms with Crippen molar-refractivity contribution < 1.29 is 19.4 Å². The van der Waals surface area contributed by atoms with Crippen LogP contribution in [0.2, 0.25) is 10.0 Å². The van der Waals surface area contributed by atoms with Gasteiger partial charge in [0.1, 0.15) is 5.65 Å². The Kier molecular flexibility index (Phi) is 8.67. The summed E-state index contributed by atoms with van der Waals surface area (Å²) in [6.07, 6.45) is 3.94. The summed E-state index contributed by atoms with van der Waals surface area (Å²) in [6.45, 7) is 2.86. The fourth-order valence-corrected chi connectivity index (χ4v) is 4.09. The number of pyridine rings is 1. The number of carbonyl (C=O) groups is 2. The Morgan fingerprint density at radius 3 is 2.72 bits per heavy atom. The summed E-state index contributed by atoms with van der Waals surface area (Å²) >= 11 is 12.1. The van der Waals surface area contributed by atoms with E-state index in [1.54, 1.807) is 13.0 Å². The molecule has 170 valence electrons. The van der Waals surface area contributed by atoms with E-state index in [1.165, 1.54) is 6.20 Å². The summed E-state index contributed by atoms with van der Waals surface area (Å²) in [5.41, 5.74) is 3.00. The van der Waals surface area contributed by atoms with Crippen molar-refractivity contribution in [1.82, 2.24) is 9.97 Å². The number of aliphatic carboxylic acids is 1. The number of carboxylic acid groups (broad SMARTS) is 1. The van der Waals surface area contributed by atoms with Crippen LogP contribution in [0.15, 0.2) is 36.5 Å². The van der Waals surface area contributed by atoms with Gasteiger partial charge in [-0.15, -0.1) is 0 Å². The lowest BCUT2D eigenvalue weighted by Gasteiger charge is -2.09. The number of hydrogen-bond donors (Lipinski definition) is 2. The summed E-state index contributed by atoms with van der Waals surface area (Å²) in [5.74, 6) is -1.27. The van der Waals surface area contributed by atoms with E-state index in [2.05, 4.69) is 9.97 Å². The number of carboxylic acids is 1. The number of unbranched alkanes of at least 4 members (excludes halogenated alkanes) is 1. The molecule has 32 heavy (non-hydrogen) atoms. The van der Waals surface area contributed by atoms with Gasteiger partial charge in [0.25, 0.3) is 0 Å². The zero-order valence-corrected chi connectivity index (χ0v) is 19.4. The van der Waals surface area contributed by atoms with Crippen LogP contribution < -0.4 is 0 Å². The molecule has 8 heteroatoms. The summed E-state index contributed by atoms with van der Waals surface area (Å²) in [4.78, 5) is 31.6. The molecule has 3 aromatic rings. The van der Waals surface area contributed by atoms with Crippen molar-refractivity contribution in [2.24, 2.45) is 5.92 Å². The van der Waals surface area contributed by atoms with E-state index in [4.69, 9.17) is 33.0 Å². The number of ether oxygens (including phenoxy) is 1. The quantitative estimate of drug-likeness (QED) is 0.243. The second-order valence-electron chi connectivity index (χ2n) is 8.00. The number of carbonyl (C=O) groups excluding carboxylic acids is 1. The molecule has 2 heterocycles. The number of aromatic amines is 1.